The third-order valence-electron chi connectivity index (χ3n) is 2.28. The molecular formula is C12H6ClF3O. The molecule has 1 N–H and O–H groups in total. The largest absolute Gasteiger partial charge is 0.507 e. The highest BCUT2D eigenvalue weighted by molar-refractivity contribution is 6.31. The maximum absolute atomic E-state index is 13.5. The van der Waals surface area contributed by atoms with Gasteiger partial charge in [-0.15, -0.1) is 0 Å². The van der Waals surface area contributed by atoms with E-state index in [4.69, 9.17) is 11.6 Å². The molecule has 0 spiro atoms. The minimum absolute atomic E-state index is 0.00824. The van der Waals surface area contributed by atoms with Gasteiger partial charge in [0.15, 0.2) is 17.5 Å². The number of benzene rings is 2. The van der Waals surface area contributed by atoms with Crippen LogP contribution in [0.4, 0.5) is 13.2 Å². The van der Waals surface area contributed by atoms with Crippen LogP contribution in [0.3, 0.4) is 0 Å². The summed E-state index contributed by atoms with van der Waals surface area (Å²) in [5.74, 6) is -4.49. The molecule has 88 valence electrons. The molecule has 2 aromatic carbocycles. The zero-order valence-corrected chi connectivity index (χ0v) is 9.10. The summed E-state index contributed by atoms with van der Waals surface area (Å²) in [4.78, 5) is 0. The highest BCUT2D eigenvalue weighted by atomic mass is 35.5. The van der Waals surface area contributed by atoms with E-state index in [0.29, 0.717) is 0 Å². The molecule has 2 rings (SSSR count). The Morgan fingerprint density at radius 3 is 2.29 bits per heavy atom. The Morgan fingerprint density at radius 2 is 1.59 bits per heavy atom. The summed E-state index contributed by atoms with van der Waals surface area (Å²) in [6.07, 6.45) is 0. The Morgan fingerprint density at radius 1 is 0.882 bits per heavy atom. The third-order valence-corrected chi connectivity index (χ3v) is 2.52. The molecule has 0 fully saturated rings. The Balaban J connectivity index is 2.69. The van der Waals surface area contributed by atoms with Crippen LogP contribution in [0.15, 0.2) is 30.3 Å². The van der Waals surface area contributed by atoms with Crippen LogP contribution >= 0.6 is 11.6 Å². The van der Waals surface area contributed by atoms with Crippen molar-refractivity contribution in [3.63, 3.8) is 0 Å². The highest BCUT2D eigenvalue weighted by Crippen LogP contribution is 2.34. The molecule has 0 amide bonds. The highest BCUT2D eigenvalue weighted by Gasteiger charge is 2.17. The first-order valence-corrected chi connectivity index (χ1v) is 5.01. The van der Waals surface area contributed by atoms with Gasteiger partial charge in [-0.3, -0.25) is 0 Å². The van der Waals surface area contributed by atoms with Gasteiger partial charge in [0.25, 0.3) is 0 Å². The van der Waals surface area contributed by atoms with E-state index in [1.54, 1.807) is 0 Å². The molecule has 0 saturated heterocycles. The van der Waals surface area contributed by atoms with Gasteiger partial charge < -0.3 is 5.11 Å². The first kappa shape index (κ1) is 11.8. The topological polar surface area (TPSA) is 20.2 Å². The average molecular weight is 259 g/mol. The lowest BCUT2D eigenvalue weighted by molar-refractivity contribution is 0.447. The molecular weight excluding hydrogens is 253 g/mol. The van der Waals surface area contributed by atoms with E-state index in [-0.39, 0.29) is 21.9 Å². The van der Waals surface area contributed by atoms with Gasteiger partial charge in [-0.05, 0) is 30.3 Å². The average Bonchev–Trinajstić information content (AvgIpc) is 2.30. The standard InChI is InChI=1S/C12H6ClF3O/c13-6-1-4-10(17)8(5-6)7-2-3-9(14)12(16)11(7)15/h1-5,17H. The zero-order chi connectivity index (χ0) is 12.6. The van der Waals surface area contributed by atoms with Gasteiger partial charge in [-0.2, -0.15) is 0 Å². The molecule has 0 unspecified atom stereocenters. The predicted molar refractivity (Wildman–Crippen MR) is 58.4 cm³/mol. The maximum Gasteiger partial charge on any atom is 0.195 e. The smallest absolute Gasteiger partial charge is 0.195 e. The van der Waals surface area contributed by atoms with E-state index in [0.717, 1.165) is 12.1 Å². The van der Waals surface area contributed by atoms with Crippen molar-refractivity contribution in [2.24, 2.45) is 0 Å². The lowest BCUT2D eigenvalue weighted by Gasteiger charge is -2.07. The van der Waals surface area contributed by atoms with E-state index >= 15 is 0 Å². The van der Waals surface area contributed by atoms with E-state index < -0.39 is 17.5 Å². The monoisotopic (exact) mass is 258 g/mol. The maximum atomic E-state index is 13.5. The number of rotatable bonds is 1. The van der Waals surface area contributed by atoms with Crippen LogP contribution in [-0.4, -0.2) is 5.11 Å². The third kappa shape index (κ3) is 2.08. The zero-order valence-electron chi connectivity index (χ0n) is 8.35. The van der Waals surface area contributed by atoms with E-state index in [1.165, 1.54) is 18.2 Å². The number of hydrogen-bond donors (Lipinski definition) is 1. The molecule has 0 bridgehead atoms. The summed E-state index contributed by atoms with van der Waals surface area (Å²) in [5, 5.41) is 9.78. The lowest BCUT2D eigenvalue weighted by atomic mass is 10.0. The Labute approximate surface area is 100 Å². The van der Waals surface area contributed by atoms with Gasteiger partial charge >= 0.3 is 0 Å². The minimum Gasteiger partial charge on any atom is -0.507 e. The molecule has 0 aliphatic heterocycles. The van der Waals surface area contributed by atoms with E-state index in [2.05, 4.69) is 0 Å². The van der Waals surface area contributed by atoms with Crippen LogP contribution in [0.2, 0.25) is 5.02 Å². The predicted octanol–water partition coefficient (Wildman–Crippen LogP) is 4.13. The summed E-state index contributed by atoms with van der Waals surface area (Å²) >= 11 is 5.69. The van der Waals surface area contributed by atoms with Crippen molar-refractivity contribution in [1.82, 2.24) is 0 Å². The molecule has 1 nitrogen and oxygen atoms in total. The molecule has 17 heavy (non-hydrogen) atoms. The number of aromatic hydroxyl groups is 1. The van der Waals surface area contributed by atoms with Gasteiger partial charge in [-0.1, -0.05) is 11.6 Å². The van der Waals surface area contributed by atoms with Crippen molar-refractivity contribution in [2.45, 2.75) is 0 Å². The molecule has 0 saturated carbocycles. The van der Waals surface area contributed by atoms with Crippen molar-refractivity contribution in [2.75, 3.05) is 0 Å². The van der Waals surface area contributed by atoms with Crippen LogP contribution < -0.4 is 0 Å². The van der Waals surface area contributed by atoms with Gasteiger partial charge in [0.1, 0.15) is 5.75 Å². The van der Waals surface area contributed by atoms with Crippen molar-refractivity contribution >= 4 is 11.6 Å². The Kier molecular flexibility index (Phi) is 2.98. The van der Waals surface area contributed by atoms with E-state index in [9.17, 15) is 18.3 Å². The molecule has 0 aromatic heterocycles. The normalized spacial score (nSPS) is 10.6. The van der Waals surface area contributed by atoms with Gasteiger partial charge in [0.2, 0.25) is 0 Å². The first-order chi connectivity index (χ1) is 8.00. The van der Waals surface area contributed by atoms with Crippen LogP contribution in [0.25, 0.3) is 11.1 Å². The first-order valence-electron chi connectivity index (χ1n) is 4.63. The molecule has 0 aliphatic rings. The fourth-order valence-electron chi connectivity index (χ4n) is 1.46. The number of hydrogen-bond acceptors (Lipinski definition) is 1. The van der Waals surface area contributed by atoms with Crippen molar-refractivity contribution < 1.29 is 18.3 Å². The number of phenolic OH excluding ortho intramolecular Hbond substituents is 1. The Bertz CT molecular complexity index is 584. The molecule has 0 atom stereocenters. The van der Waals surface area contributed by atoms with Crippen LogP contribution in [0, 0.1) is 17.5 Å². The molecule has 2 aromatic rings. The van der Waals surface area contributed by atoms with Crippen molar-refractivity contribution in [3.8, 4) is 16.9 Å². The summed E-state index contributed by atoms with van der Waals surface area (Å²) in [7, 11) is 0. The molecule has 0 aliphatic carbocycles. The van der Waals surface area contributed by atoms with Crippen molar-refractivity contribution in [1.29, 1.82) is 0 Å². The van der Waals surface area contributed by atoms with Crippen LogP contribution in [0.5, 0.6) is 5.75 Å². The van der Waals surface area contributed by atoms with Crippen molar-refractivity contribution in [3.05, 3.63) is 52.8 Å². The van der Waals surface area contributed by atoms with E-state index in [1.807, 2.05) is 0 Å². The van der Waals surface area contributed by atoms with Gasteiger partial charge in [-0.25, -0.2) is 13.2 Å². The second-order valence-corrected chi connectivity index (χ2v) is 3.82. The number of halogens is 4. The summed E-state index contributed by atoms with van der Waals surface area (Å²) < 4.78 is 39.3. The summed E-state index contributed by atoms with van der Waals surface area (Å²) in [6, 6.07) is 5.75. The molecule has 0 heterocycles. The van der Waals surface area contributed by atoms with Gasteiger partial charge in [0.05, 0.1) is 0 Å². The lowest BCUT2D eigenvalue weighted by Crippen LogP contribution is -1.94. The summed E-state index contributed by atoms with van der Waals surface area (Å²) in [6.45, 7) is 0. The fourth-order valence-corrected chi connectivity index (χ4v) is 1.63. The van der Waals surface area contributed by atoms with Crippen LogP contribution in [-0.2, 0) is 0 Å². The second kappa shape index (κ2) is 4.30. The quantitative estimate of drug-likeness (QED) is 0.763. The fraction of sp³-hybridized carbons (Fsp3) is 0. The molecule has 5 heteroatoms. The summed E-state index contributed by atoms with van der Waals surface area (Å²) in [5.41, 5.74) is -0.238. The Hall–Kier alpha value is -1.68. The second-order valence-electron chi connectivity index (χ2n) is 3.38. The minimum atomic E-state index is -1.58. The number of phenols is 1. The SMILES string of the molecule is Oc1ccc(Cl)cc1-c1ccc(F)c(F)c1F. The van der Waals surface area contributed by atoms with Crippen LogP contribution in [0.1, 0.15) is 0 Å². The van der Waals surface area contributed by atoms with Gasteiger partial charge in [0, 0.05) is 16.1 Å². The molecule has 0 radical (unpaired) electrons.